The number of likely N-dealkylation sites (tertiary alicyclic amines) is 1. The zero-order valence-electron chi connectivity index (χ0n) is 18.9. The maximum absolute atomic E-state index is 10.5. The number of fused-ring (bicyclic) bond motifs is 2. The zero-order valence-corrected chi connectivity index (χ0v) is 18.9. The Balaban J connectivity index is 0.000000259. The van der Waals surface area contributed by atoms with E-state index in [0.29, 0.717) is 6.04 Å². The highest BCUT2D eigenvalue weighted by atomic mass is 16.3. The summed E-state index contributed by atoms with van der Waals surface area (Å²) >= 11 is 0. The molecular formula is C27H38N2O. The van der Waals surface area contributed by atoms with E-state index in [-0.39, 0.29) is 17.7 Å². The minimum atomic E-state index is -0.215. The van der Waals surface area contributed by atoms with Gasteiger partial charge in [-0.2, -0.15) is 0 Å². The molecule has 1 aromatic rings. The fourth-order valence-electron chi connectivity index (χ4n) is 6.17. The molecule has 5 rings (SSSR count). The summed E-state index contributed by atoms with van der Waals surface area (Å²) in [6.07, 6.45) is 17.0. The Kier molecular flexibility index (Phi) is 6.62. The molecule has 4 aliphatic rings. The summed E-state index contributed by atoms with van der Waals surface area (Å²) in [5, 5.41) is 10.5. The first kappa shape index (κ1) is 21.5. The van der Waals surface area contributed by atoms with Crippen molar-refractivity contribution in [3.63, 3.8) is 0 Å². The first-order chi connectivity index (χ1) is 14.5. The van der Waals surface area contributed by atoms with Crippen LogP contribution in [0.3, 0.4) is 0 Å². The van der Waals surface area contributed by atoms with Gasteiger partial charge in [-0.3, -0.25) is 4.90 Å². The molecule has 0 spiro atoms. The molecule has 0 radical (unpaired) electrons. The molecule has 3 heteroatoms. The van der Waals surface area contributed by atoms with Crippen molar-refractivity contribution < 1.29 is 5.11 Å². The highest BCUT2D eigenvalue weighted by molar-refractivity contribution is 5.49. The van der Waals surface area contributed by atoms with Crippen LogP contribution in [0.5, 0.6) is 0 Å². The maximum atomic E-state index is 10.5. The first-order valence-corrected chi connectivity index (χ1v) is 11.8. The van der Waals surface area contributed by atoms with Crippen LogP contribution in [0.25, 0.3) is 0 Å². The molecule has 1 heterocycles. The van der Waals surface area contributed by atoms with E-state index in [1.54, 1.807) is 0 Å². The SMILES string of the molecule is C1=CC2=CC=C1C2.CC1C(N(C)C)C(O)CCN1C1(c2ccccc2)CCCCC1. The largest absolute Gasteiger partial charge is 0.391 e. The highest BCUT2D eigenvalue weighted by Gasteiger charge is 2.47. The van der Waals surface area contributed by atoms with Gasteiger partial charge < -0.3 is 10.0 Å². The normalized spacial score (nSPS) is 30.0. The van der Waals surface area contributed by atoms with Gasteiger partial charge in [-0.05, 0) is 63.4 Å². The summed E-state index contributed by atoms with van der Waals surface area (Å²) in [6, 6.07) is 11.7. The highest BCUT2D eigenvalue weighted by Crippen LogP contribution is 2.45. The summed E-state index contributed by atoms with van der Waals surface area (Å²) in [5.74, 6) is 0. The van der Waals surface area contributed by atoms with E-state index in [4.69, 9.17) is 0 Å². The predicted octanol–water partition coefficient (Wildman–Crippen LogP) is 5.04. The lowest BCUT2D eigenvalue weighted by atomic mass is 9.73. The summed E-state index contributed by atoms with van der Waals surface area (Å²) < 4.78 is 0. The van der Waals surface area contributed by atoms with Crippen molar-refractivity contribution in [3.05, 3.63) is 71.3 Å². The lowest BCUT2D eigenvalue weighted by Gasteiger charge is -2.55. The molecule has 1 N–H and O–H groups in total. The number of aliphatic hydroxyl groups is 1. The summed E-state index contributed by atoms with van der Waals surface area (Å²) in [6.45, 7) is 3.31. The molecule has 0 aromatic heterocycles. The fraction of sp³-hybridized carbons (Fsp3) is 0.556. The van der Waals surface area contributed by atoms with Crippen LogP contribution in [0, 0.1) is 0 Å². The third kappa shape index (κ3) is 4.21. The smallest absolute Gasteiger partial charge is 0.0722 e. The molecule has 30 heavy (non-hydrogen) atoms. The maximum Gasteiger partial charge on any atom is 0.0722 e. The average molecular weight is 407 g/mol. The van der Waals surface area contributed by atoms with Crippen molar-refractivity contribution in [1.29, 1.82) is 0 Å². The number of nitrogens with zero attached hydrogens (tertiary/aromatic N) is 2. The Morgan fingerprint density at radius 1 is 0.967 bits per heavy atom. The summed E-state index contributed by atoms with van der Waals surface area (Å²) in [4.78, 5) is 4.93. The number of likely N-dealkylation sites (N-methyl/N-ethyl adjacent to an activating group) is 1. The Labute approximate surface area is 182 Å². The van der Waals surface area contributed by atoms with E-state index in [0.717, 1.165) is 13.0 Å². The molecule has 1 saturated heterocycles. The van der Waals surface area contributed by atoms with E-state index in [1.807, 2.05) is 0 Å². The van der Waals surface area contributed by atoms with Crippen LogP contribution >= 0.6 is 0 Å². The lowest BCUT2D eigenvalue weighted by Crippen LogP contribution is -2.64. The van der Waals surface area contributed by atoms with Gasteiger partial charge in [-0.1, -0.05) is 73.9 Å². The third-order valence-electron chi connectivity index (χ3n) is 7.62. The molecule has 3 nitrogen and oxygen atoms in total. The van der Waals surface area contributed by atoms with Crippen molar-refractivity contribution in [2.75, 3.05) is 20.6 Å². The lowest BCUT2D eigenvalue weighted by molar-refractivity contribution is -0.0853. The molecule has 1 saturated carbocycles. The molecular weight excluding hydrogens is 368 g/mol. The van der Waals surface area contributed by atoms with Crippen molar-refractivity contribution in [2.45, 2.75) is 75.6 Å². The molecule has 1 aliphatic heterocycles. The summed E-state index contributed by atoms with van der Waals surface area (Å²) in [5.41, 5.74) is 4.57. The standard InChI is InChI=1S/C20H32N2O.C7H6/c1-16-19(21(2)3)18(23)12-15-22(16)20(13-8-5-9-14-20)17-10-6-4-7-11-17;1-2-7-4-3-6(1)5-7/h4,6-7,10-11,16,18-19,23H,5,8-9,12-15H2,1-3H3;1-4H,5H2. The Morgan fingerprint density at radius 2 is 1.60 bits per heavy atom. The van der Waals surface area contributed by atoms with Crippen LogP contribution in [-0.4, -0.2) is 53.7 Å². The van der Waals surface area contributed by atoms with E-state index in [1.165, 1.54) is 55.2 Å². The second-order valence-electron chi connectivity index (χ2n) is 9.70. The van der Waals surface area contributed by atoms with Gasteiger partial charge in [0.1, 0.15) is 0 Å². The van der Waals surface area contributed by atoms with Crippen LogP contribution in [0.1, 0.15) is 57.4 Å². The molecule has 162 valence electrons. The van der Waals surface area contributed by atoms with Crippen LogP contribution in [0.15, 0.2) is 65.8 Å². The minimum Gasteiger partial charge on any atom is -0.391 e. The van der Waals surface area contributed by atoms with Crippen molar-refractivity contribution in [3.8, 4) is 0 Å². The van der Waals surface area contributed by atoms with Crippen LogP contribution in [-0.2, 0) is 5.54 Å². The van der Waals surface area contributed by atoms with Gasteiger partial charge in [-0.15, -0.1) is 0 Å². The summed E-state index contributed by atoms with van der Waals surface area (Å²) in [7, 11) is 4.20. The van der Waals surface area contributed by atoms with Gasteiger partial charge in [-0.25, -0.2) is 0 Å². The topological polar surface area (TPSA) is 26.7 Å². The first-order valence-electron chi connectivity index (χ1n) is 11.8. The van der Waals surface area contributed by atoms with Gasteiger partial charge in [0.2, 0.25) is 0 Å². The van der Waals surface area contributed by atoms with E-state index >= 15 is 0 Å². The number of allylic oxidation sites excluding steroid dienone is 6. The molecule has 2 fully saturated rings. The second kappa shape index (κ2) is 9.21. The van der Waals surface area contributed by atoms with Crippen molar-refractivity contribution in [2.24, 2.45) is 0 Å². The van der Waals surface area contributed by atoms with Crippen molar-refractivity contribution >= 4 is 0 Å². The van der Waals surface area contributed by atoms with E-state index in [2.05, 4.69) is 85.5 Å². The molecule has 2 bridgehead atoms. The quantitative estimate of drug-likeness (QED) is 0.761. The van der Waals surface area contributed by atoms with E-state index in [9.17, 15) is 5.11 Å². The average Bonchev–Trinajstić information content (AvgIpc) is 3.41. The number of hydrogen-bond acceptors (Lipinski definition) is 3. The van der Waals surface area contributed by atoms with Gasteiger partial charge in [0.25, 0.3) is 0 Å². The molecule has 3 aliphatic carbocycles. The molecule has 1 aromatic carbocycles. The number of hydrogen-bond donors (Lipinski definition) is 1. The van der Waals surface area contributed by atoms with E-state index < -0.39 is 0 Å². The van der Waals surface area contributed by atoms with Gasteiger partial charge in [0, 0.05) is 18.1 Å². The fourth-order valence-corrected chi connectivity index (χ4v) is 6.17. The van der Waals surface area contributed by atoms with Gasteiger partial charge >= 0.3 is 0 Å². The zero-order chi connectivity index (χ0) is 21.1. The van der Waals surface area contributed by atoms with Crippen LogP contribution in [0.4, 0.5) is 0 Å². The Hall–Kier alpha value is -1.68. The minimum absolute atomic E-state index is 0.160. The predicted molar refractivity (Wildman–Crippen MR) is 125 cm³/mol. The molecule has 3 atom stereocenters. The third-order valence-corrected chi connectivity index (χ3v) is 7.62. The number of benzene rings is 1. The molecule has 0 amide bonds. The number of rotatable bonds is 3. The van der Waals surface area contributed by atoms with Crippen molar-refractivity contribution in [1.82, 2.24) is 9.80 Å². The van der Waals surface area contributed by atoms with Crippen LogP contribution in [0.2, 0.25) is 0 Å². The number of piperidine rings is 1. The Bertz CT molecular complexity index is 781. The van der Waals surface area contributed by atoms with Gasteiger partial charge in [0.15, 0.2) is 0 Å². The van der Waals surface area contributed by atoms with Gasteiger partial charge in [0.05, 0.1) is 12.1 Å². The Morgan fingerprint density at radius 3 is 2.10 bits per heavy atom. The number of aliphatic hydroxyl groups excluding tert-OH is 1. The second-order valence-corrected chi connectivity index (χ2v) is 9.70. The van der Waals surface area contributed by atoms with Crippen LogP contribution < -0.4 is 0 Å². The monoisotopic (exact) mass is 406 g/mol. The molecule has 3 unspecified atom stereocenters.